The standard InChI is InChI=1S/C15H18N2O4/c1-15(19,13-4-3-9-21-13)10-16-14(18)17-11-5-7-12(20-2)8-6-11/h3-9,19H,10H2,1-2H3,(H2,16,17,18)/t15-/m1/s1. The molecular formula is C15H18N2O4. The second-order valence-electron chi connectivity index (χ2n) is 4.79. The molecule has 0 aliphatic rings. The van der Waals surface area contributed by atoms with Gasteiger partial charge >= 0.3 is 6.03 Å². The largest absolute Gasteiger partial charge is 0.497 e. The van der Waals surface area contributed by atoms with Crippen molar-refractivity contribution in [2.45, 2.75) is 12.5 Å². The smallest absolute Gasteiger partial charge is 0.319 e. The molecule has 0 aliphatic carbocycles. The van der Waals surface area contributed by atoms with E-state index >= 15 is 0 Å². The van der Waals surface area contributed by atoms with E-state index in [0.29, 0.717) is 17.2 Å². The van der Waals surface area contributed by atoms with Crippen LogP contribution in [0, 0.1) is 0 Å². The molecule has 1 aromatic carbocycles. The number of rotatable bonds is 5. The highest BCUT2D eigenvalue weighted by molar-refractivity contribution is 5.89. The van der Waals surface area contributed by atoms with Crippen LogP contribution in [0.3, 0.4) is 0 Å². The number of hydrogen-bond acceptors (Lipinski definition) is 4. The fourth-order valence-electron chi connectivity index (χ4n) is 1.77. The number of amides is 2. The van der Waals surface area contributed by atoms with Crippen molar-refractivity contribution in [3.63, 3.8) is 0 Å². The van der Waals surface area contributed by atoms with Gasteiger partial charge in [0.2, 0.25) is 0 Å². The van der Waals surface area contributed by atoms with Crippen molar-refractivity contribution < 1.29 is 19.1 Å². The van der Waals surface area contributed by atoms with E-state index in [1.807, 2.05) is 0 Å². The summed E-state index contributed by atoms with van der Waals surface area (Å²) in [6.45, 7) is 1.60. The lowest BCUT2D eigenvalue weighted by Gasteiger charge is -2.21. The van der Waals surface area contributed by atoms with Gasteiger partial charge in [0, 0.05) is 5.69 Å². The van der Waals surface area contributed by atoms with Crippen molar-refractivity contribution in [2.24, 2.45) is 0 Å². The van der Waals surface area contributed by atoms with E-state index in [1.165, 1.54) is 6.26 Å². The summed E-state index contributed by atoms with van der Waals surface area (Å²) >= 11 is 0. The van der Waals surface area contributed by atoms with E-state index in [0.717, 1.165) is 0 Å². The van der Waals surface area contributed by atoms with E-state index in [4.69, 9.17) is 9.15 Å². The molecule has 2 rings (SSSR count). The quantitative estimate of drug-likeness (QED) is 0.789. The Labute approximate surface area is 122 Å². The van der Waals surface area contributed by atoms with Crippen LogP contribution in [-0.2, 0) is 5.60 Å². The van der Waals surface area contributed by atoms with Crippen molar-refractivity contribution in [2.75, 3.05) is 19.0 Å². The average molecular weight is 290 g/mol. The topological polar surface area (TPSA) is 83.7 Å². The van der Waals surface area contributed by atoms with Crippen molar-refractivity contribution >= 4 is 11.7 Å². The Morgan fingerprint density at radius 3 is 2.62 bits per heavy atom. The third kappa shape index (κ3) is 4.00. The number of carbonyl (C=O) groups excluding carboxylic acids is 1. The Kier molecular flexibility index (Phi) is 4.49. The van der Waals surface area contributed by atoms with Gasteiger partial charge in [0.05, 0.1) is 19.9 Å². The molecule has 0 fully saturated rings. The fraction of sp³-hybridized carbons (Fsp3) is 0.267. The minimum absolute atomic E-state index is 0.0303. The molecule has 0 spiro atoms. The molecule has 1 aromatic heterocycles. The summed E-state index contributed by atoms with van der Waals surface area (Å²) in [5.41, 5.74) is -0.633. The lowest BCUT2D eigenvalue weighted by atomic mass is 10.0. The Balaban J connectivity index is 1.87. The van der Waals surface area contributed by atoms with Gasteiger partial charge in [-0.25, -0.2) is 4.79 Å². The van der Waals surface area contributed by atoms with E-state index in [-0.39, 0.29) is 6.54 Å². The Morgan fingerprint density at radius 2 is 2.05 bits per heavy atom. The lowest BCUT2D eigenvalue weighted by Crippen LogP contribution is -2.40. The van der Waals surface area contributed by atoms with Crippen LogP contribution in [0.4, 0.5) is 10.5 Å². The minimum Gasteiger partial charge on any atom is -0.497 e. The van der Waals surface area contributed by atoms with Crippen LogP contribution >= 0.6 is 0 Å². The highest BCUT2D eigenvalue weighted by Gasteiger charge is 2.26. The molecule has 0 bridgehead atoms. The summed E-state index contributed by atoms with van der Waals surface area (Å²) in [5, 5.41) is 15.5. The van der Waals surface area contributed by atoms with Crippen LogP contribution in [0.2, 0.25) is 0 Å². The molecule has 112 valence electrons. The molecule has 2 amide bonds. The van der Waals surface area contributed by atoms with Crippen molar-refractivity contribution in [3.8, 4) is 5.75 Å². The summed E-state index contributed by atoms with van der Waals surface area (Å²) in [7, 11) is 1.58. The number of ether oxygens (including phenoxy) is 1. The first-order chi connectivity index (χ1) is 10.0. The summed E-state index contributed by atoms with van der Waals surface area (Å²) in [6.07, 6.45) is 1.47. The van der Waals surface area contributed by atoms with Gasteiger partial charge in [0.15, 0.2) is 0 Å². The second kappa shape index (κ2) is 6.32. The number of urea groups is 1. The Morgan fingerprint density at radius 1 is 1.33 bits per heavy atom. The van der Waals surface area contributed by atoms with Gasteiger partial charge in [-0.3, -0.25) is 0 Å². The third-order valence-electron chi connectivity index (χ3n) is 2.99. The van der Waals surface area contributed by atoms with Gasteiger partial charge < -0.3 is 24.9 Å². The van der Waals surface area contributed by atoms with E-state index in [9.17, 15) is 9.90 Å². The SMILES string of the molecule is COc1ccc(NC(=O)NC[C@@](C)(O)c2ccco2)cc1. The van der Waals surface area contributed by atoms with Gasteiger partial charge in [0.1, 0.15) is 17.1 Å². The van der Waals surface area contributed by atoms with Gasteiger partial charge in [-0.1, -0.05) is 0 Å². The molecule has 0 aliphatic heterocycles. The molecule has 21 heavy (non-hydrogen) atoms. The number of anilines is 1. The fourth-order valence-corrected chi connectivity index (χ4v) is 1.77. The minimum atomic E-state index is -1.26. The first-order valence-electron chi connectivity index (χ1n) is 6.46. The van der Waals surface area contributed by atoms with Crippen molar-refractivity contribution in [3.05, 3.63) is 48.4 Å². The molecule has 0 saturated carbocycles. The van der Waals surface area contributed by atoms with Gasteiger partial charge in [0.25, 0.3) is 0 Å². The predicted molar refractivity (Wildman–Crippen MR) is 78.3 cm³/mol. The van der Waals surface area contributed by atoms with Crippen LogP contribution in [-0.4, -0.2) is 24.8 Å². The Bertz CT molecular complexity index is 576. The number of furan rings is 1. The molecular weight excluding hydrogens is 272 g/mol. The van der Waals surface area contributed by atoms with Crippen molar-refractivity contribution in [1.82, 2.24) is 5.32 Å². The highest BCUT2D eigenvalue weighted by Crippen LogP contribution is 2.20. The zero-order valence-corrected chi connectivity index (χ0v) is 11.9. The molecule has 6 nitrogen and oxygen atoms in total. The Hall–Kier alpha value is -2.47. The maximum Gasteiger partial charge on any atom is 0.319 e. The summed E-state index contributed by atoms with van der Waals surface area (Å²) in [6, 6.07) is 9.87. The number of carbonyl (C=O) groups is 1. The summed E-state index contributed by atoms with van der Waals surface area (Å²) in [4.78, 5) is 11.8. The molecule has 0 saturated heterocycles. The molecule has 3 N–H and O–H groups in total. The number of benzene rings is 1. The van der Waals surface area contributed by atoms with Gasteiger partial charge in [-0.2, -0.15) is 0 Å². The number of aliphatic hydroxyl groups is 1. The number of methoxy groups -OCH3 is 1. The number of nitrogens with one attached hydrogen (secondary N) is 2. The molecule has 0 unspecified atom stereocenters. The van der Waals surface area contributed by atoms with Crippen LogP contribution in [0.25, 0.3) is 0 Å². The monoisotopic (exact) mass is 290 g/mol. The predicted octanol–water partition coefficient (Wildman–Crippen LogP) is 2.32. The van der Waals surface area contributed by atoms with Gasteiger partial charge in [-0.15, -0.1) is 0 Å². The van der Waals surface area contributed by atoms with E-state index in [1.54, 1.807) is 50.4 Å². The normalized spacial score (nSPS) is 13.3. The molecule has 6 heteroatoms. The van der Waals surface area contributed by atoms with E-state index in [2.05, 4.69) is 10.6 Å². The van der Waals surface area contributed by atoms with Crippen molar-refractivity contribution in [1.29, 1.82) is 0 Å². The number of hydrogen-bond donors (Lipinski definition) is 3. The molecule has 2 aromatic rings. The van der Waals surface area contributed by atoms with Crippen LogP contribution < -0.4 is 15.4 Å². The highest BCUT2D eigenvalue weighted by atomic mass is 16.5. The van der Waals surface area contributed by atoms with Gasteiger partial charge in [-0.05, 0) is 43.3 Å². The molecule has 0 radical (unpaired) electrons. The first kappa shape index (κ1) is 14.9. The second-order valence-corrected chi connectivity index (χ2v) is 4.79. The molecule has 1 heterocycles. The van der Waals surface area contributed by atoms with E-state index < -0.39 is 11.6 Å². The van der Waals surface area contributed by atoms with Crippen LogP contribution in [0.15, 0.2) is 47.1 Å². The summed E-state index contributed by atoms with van der Waals surface area (Å²) < 4.78 is 10.2. The maximum absolute atomic E-state index is 11.8. The lowest BCUT2D eigenvalue weighted by molar-refractivity contribution is 0.0372. The maximum atomic E-state index is 11.8. The third-order valence-corrected chi connectivity index (χ3v) is 2.99. The van der Waals surface area contributed by atoms with Crippen LogP contribution in [0.1, 0.15) is 12.7 Å². The zero-order chi connectivity index (χ0) is 15.3. The van der Waals surface area contributed by atoms with Crippen LogP contribution in [0.5, 0.6) is 5.75 Å². The summed E-state index contributed by atoms with van der Waals surface area (Å²) in [5.74, 6) is 1.11. The average Bonchev–Trinajstić information content (AvgIpc) is 3.01. The molecule has 1 atom stereocenters. The zero-order valence-electron chi connectivity index (χ0n) is 11.9. The first-order valence-corrected chi connectivity index (χ1v) is 6.46.